The summed E-state index contributed by atoms with van der Waals surface area (Å²) in [7, 11) is 2.12. The van der Waals surface area contributed by atoms with Gasteiger partial charge >= 0.3 is 0 Å². The Balaban J connectivity index is 1.81. The molecule has 0 atom stereocenters. The van der Waals surface area contributed by atoms with Crippen molar-refractivity contribution in [2.45, 2.75) is 26.3 Å². The van der Waals surface area contributed by atoms with Gasteiger partial charge in [0.15, 0.2) is 0 Å². The van der Waals surface area contributed by atoms with Crippen LogP contribution in [-0.4, -0.2) is 23.4 Å². The predicted molar refractivity (Wildman–Crippen MR) is 80.3 cm³/mol. The fraction of sp³-hybridized carbons (Fsp3) is 0.400. The Morgan fingerprint density at radius 2 is 1.95 bits per heavy atom. The fourth-order valence-electron chi connectivity index (χ4n) is 2.09. The first kappa shape index (κ1) is 13.5. The summed E-state index contributed by atoms with van der Waals surface area (Å²) in [5.74, 6) is 0.587. The van der Waals surface area contributed by atoms with E-state index in [1.54, 1.807) is 0 Å². The molecule has 0 bridgehead atoms. The zero-order valence-corrected chi connectivity index (χ0v) is 11.7. The molecule has 4 heteroatoms. The molecule has 0 saturated carbocycles. The van der Waals surface area contributed by atoms with E-state index in [2.05, 4.69) is 48.2 Å². The lowest BCUT2D eigenvalue weighted by atomic mass is 10.1. The summed E-state index contributed by atoms with van der Waals surface area (Å²) in [6.45, 7) is 4.08. The number of nitrogens with zero attached hydrogens (tertiary/aromatic N) is 3. The Morgan fingerprint density at radius 1 is 1.21 bits per heavy atom. The first-order chi connectivity index (χ1) is 9.19. The van der Waals surface area contributed by atoms with Gasteiger partial charge in [-0.2, -0.15) is 5.10 Å². The summed E-state index contributed by atoms with van der Waals surface area (Å²) in [4.78, 5) is 2.27. The summed E-state index contributed by atoms with van der Waals surface area (Å²) >= 11 is 0. The van der Waals surface area contributed by atoms with Crippen LogP contribution in [0, 0.1) is 0 Å². The highest BCUT2D eigenvalue weighted by Gasteiger charge is 2.01. The summed E-state index contributed by atoms with van der Waals surface area (Å²) in [5, 5.41) is 4.18. The lowest BCUT2D eigenvalue weighted by Crippen LogP contribution is -2.20. The first-order valence-corrected chi connectivity index (χ1v) is 6.78. The minimum absolute atomic E-state index is 0.587. The zero-order valence-electron chi connectivity index (χ0n) is 11.7. The van der Waals surface area contributed by atoms with E-state index in [1.165, 1.54) is 11.3 Å². The number of benzene rings is 1. The molecule has 0 radical (unpaired) electrons. The molecule has 1 aromatic heterocycles. The molecule has 0 saturated heterocycles. The number of nitrogen functional groups attached to an aromatic ring is 1. The van der Waals surface area contributed by atoms with E-state index in [-0.39, 0.29) is 0 Å². The lowest BCUT2D eigenvalue weighted by molar-refractivity contribution is 0.580. The predicted octanol–water partition coefficient (Wildman–Crippen LogP) is 2.55. The van der Waals surface area contributed by atoms with Crippen LogP contribution in [0.15, 0.2) is 36.5 Å². The van der Waals surface area contributed by atoms with Gasteiger partial charge in [-0.25, -0.2) is 0 Å². The van der Waals surface area contributed by atoms with Gasteiger partial charge in [0, 0.05) is 32.0 Å². The third kappa shape index (κ3) is 3.74. The van der Waals surface area contributed by atoms with Crippen molar-refractivity contribution < 1.29 is 0 Å². The van der Waals surface area contributed by atoms with Gasteiger partial charge in [0.25, 0.3) is 0 Å². The van der Waals surface area contributed by atoms with E-state index >= 15 is 0 Å². The highest BCUT2D eigenvalue weighted by atomic mass is 15.3. The molecule has 1 aromatic carbocycles. The van der Waals surface area contributed by atoms with Gasteiger partial charge < -0.3 is 10.6 Å². The van der Waals surface area contributed by atoms with Crippen LogP contribution in [0.2, 0.25) is 0 Å². The Morgan fingerprint density at radius 3 is 2.53 bits per heavy atom. The number of aromatic nitrogens is 2. The van der Waals surface area contributed by atoms with Gasteiger partial charge in [-0.15, -0.1) is 0 Å². The van der Waals surface area contributed by atoms with Gasteiger partial charge in [-0.3, -0.25) is 4.68 Å². The van der Waals surface area contributed by atoms with E-state index in [1.807, 2.05) is 16.9 Å². The van der Waals surface area contributed by atoms with Crippen molar-refractivity contribution in [1.29, 1.82) is 0 Å². The first-order valence-electron chi connectivity index (χ1n) is 6.78. The van der Waals surface area contributed by atoms with Crippen molar-refractivity contribution in [3.63, 3.8) is 0 Å². The number of rotatable bonds is 6. The van der Waals surface area contributed by atoms with Crippen molar-refractivity contribution in [1.82, 2.24) is 9.78 Å². The average Bonchev–Trinajstić information content (AvgIpc) is 2.84. The summed E-state index contributed by atoms with van der Waals surface area (Å²) in [6.07, 6.45) is 4.06. The summed E-state index contributed by atoms with van der Waals surface area (Å²) in [5.41, 5.74) is 8.23. The van der Waals surface area contributed by atoms with E-state index in [4.69, 9.17) is 5.73 Å². The minimum atomic E-state index is 0.587. The van der Waals surface area contributed by atoms with Crippen LogP contribution in [0.25, 0.3) is 0 Å². The number of anilines is 2. The van der Waals surface area contributed by atoms with Crippen LogP contribution in [0.5, 0.6) is 0 Å². The summed E-state index contributed by atoms with van der Waals surface area (Å²) in [6, 6.07) is 10.6. The molecule has 0 fully saturated rings. The van der Waals surface area contributed by atoms with E-state index in [0.29, 0.717) is 5.82 Å². The molecular formula is C15H22N4. The van der Waals surface area contributed by atoms with Gasteiger partial charge in [-0.1, -0.05) is 19.1 Å². The van der Waals surface area contributed by atoms with Crippen molar-refractivity contribution in [3.8, 4) is 0 Å². The van der Waals surface area contributed by atoms with Crippen molar-refractivity contribution in [3.05, 3.63) is 42.1 Å². The third-order valence-electron chi connectivity index (χ3n) is 3.33. The third-order valence-corrected chi connectivity index (χ3v) is 3.33. The van der Waals surface area contributed by atoms with Gasteiger partial charge in [0.1, 0.15) is 5.82 Å². The maximum Gasteiger partial charge on any atom is 0.145 e. The Labute approximate surface area is 114 Å². The maximum absolute atomic E-state index is 5.59. The molecule has 1 heterocycles. The Hall–Kier alpha value is -1.97. The molecule has 2 rings (SSSR count). The second-order valence-electron chi connectivity index (χ2n) is 4.80. The number of hydrogen-bond donors (Lipinski definition) is 1. The van der Waals surface area contributed by atoms with Gasteiger partial charge in [0.05, 0.1) is 0 Å². The highest BCUT2D eigenvalue weighted by molar-refractivity contribution is 5.46. The molecule has 0 aliphatic carbocycles. The molecule has 0 spiro atoms. The quantitative estimate of drug-likeness (QED) is 0.866. The van der Waals surface area contributed by atoms with Crippen molar-refractivity contribution in [2.24, 2.45) is 0 Å². The molecule has 0 aliphatic rings. The molecule has 19 heavy (non-hydrogen) atoms. The van der Waals surface area contributed by atoms with Gasteiger partial charge in [-0.05, 0) is 36.6 Å². The van der Waals surface area contributed by atoms with E-state index in [0.717, 1.165) is 25.9 Å². The molecule has 102 valence electrons. The van der Waals surface area contributed by atoms with Crippen LogP contribution >= 0.6 is 0 Å². The number of aryl methyl sites for hydroxylation is 2. The topological polar surface area (TPSA) is 47.1 Å². The molecule has 0 unspecified atom stereocenters. The SMILES string of the molecule is CCc1ccc(N(C)CCCn2ccc(N)n2)cc1. The molecule has 2 N–H and O–H groups in total. The zero-order chi connectivity index (χ0) is 13.7. The Bertz CT molecular complexity index is 501. The van der Waals surface area contributed by atoms with E-state index < -0.39 is 0 Å². The number of hydrogen-bond acceptors (Lipinski definition) is 3. The largest absolute Gasteiger partial charge is 0.382 e. The van der Waals surface area contributed by atoms with Gasteiger partial charge in [0.2, 0.25) is 0 Å². The monoisotopic (exact) mass is 258 g/mol. The Kier molecular flexibility index (Phi) is 4.44. The minimum Gasteiger partial charge on any atom is -0.382 e. The summed E-state index contributed by atoms with van der Waals surface area (Å²) < 4.78 is 1.89. The second kappa shape index (κ2) is 6.27. The fourth-order valence-corrected chi connectivity index (χ4v) is 2.09. The van der Waals surface area contributed by atoms with Crippen molar-refractivity contribution >= 4 is 11.5 Å². The van der Waals surface area contributed by atoms with E-state index in [9.17, 15) is 0 Å². The normalized spacial score (nSPS) is 10.6. The van der Waals surface area contributed by atoms with Crippen LogP contribution in [0.1, 0.15) is 18.9 Å². The number of nitrogens with two attached hydrogens (primary N) is 1. The van der Waals surface area contributed by atoms with Crippen molar-refractivity contribution in [2.75, 3.05) is 24.2 Å². The molecule has 4 nitrogen and oxygen atoms in total. The molecule has 0 amide bonds. The van der Waals surface area contributed by atoms with Crippen LogP contribution in [0.3, 0.4) is 0 Å². The molecule has 2 aromatic rings. The van der Waals surface area contributed by atoms with Crippen LogP contribution < -0.4 is 10.6 Å². The second-order valence-corrected chi connectivity index (χ2v) is 4.80. The molecule has 0 aliphatic heterocycles. The van der Waals surface area contributed by atoms with Crippen LogP contribution in [0.4, 0.5) is 11.5 Å². The standard InChI is InChI=1S/C15H22N4/c1-3-13-5-7-14(8-6-13)18(2)10-4-11-19-12-9-15(16)17-19/h5-9,12H,3-4,10-11H2,1-2H3,(H2,16,17). The molecular weight excluding hydrogens is 236 g/mol. The van der Waals surface area contributed by atoms with Crippen LogP contribution in [-0.2, 0) is 13.0 Å². The highest BCUT2D eigenvalue weighted by Crippen LogP contribution is 2.14. The lowest BCUT2D eigenvalue weighted by Gasteiger charge is -2.19. The smallest absolute Gasteiger partial charge is 0.145 e. The maximum atomic E-state index is 5.59. The average molecular weight is 258 g/mol.